The number of nitrogens with zero attached hydrogens (tertiary/aromatic N) is 2. The third-order valence-electron chi connectivity index (χ3n) is 3.79. The van der Waals surface area contributed by atoms with Crippen LogP contribution in [0.2, 0.25) is 0 Å². The molecule has 17 heavy (non-hydrogen) atoms. The Bertz CT molecular complexity index is 292. The molecule has 0 amide bonds. The van der Waals surface area contributed by atoms with Gasteiger partial charge in [-0.3, -0.25) is 0 Å². The molecule has 1 heterocycles. The van der Waals surface area contributed by atoms with Gasteiger partial charge in [-0.2, -0.15) is 0 Å². The third-order valence-corrected chi connectivity index (χ3v) is 3.79. The van der Waals surface area contributed by atoms with Crippen molar-refractivity contribution in [1.82, 2.24) is 14.9 Å². The van der Waals surface area contributed by atoms with Crippen LogP contribution < -0.4 is 5.32 Å². The van der Waals surface area contributed by atoms with E-state index in [1.165, 1.54) is 44.9 Å². The molecule has 0 radical (unpaired) electrons. The van der Waals surface area contributed by atoms with Crippen LogP contribution in [0.5, 0.6) is 0 Å². The Hall–Kier alpha value is -0.830. The van der Waals surface area contributed by atoms with Crippen molar-refractivity contribution in [3.05, 3.63) is 18.7 Å². The minimum Gasteiger partial charge on any atom is -0.333 e. The van der Waals surface area contributed by atoms with Crippen LogP contribution in [-0.2, 0) is 0 Å². The molecule has 3 heteroatoms. The largest absolute Gasteiger partial charge is 0.333 e. The lowest BCUT2D eigenvalue weighted by molar-refractivity contribution is 0.283. The summed E-state index contributed by atoms with van der Waals surface area (Å²) in [6, 6.07) is 1.23. The average molecular weight is 235 g/mol. The van der Waals surface area contributed by atoms with E-state index < -0.39 is 0 Å². The molecule has 96 valence electrons. The fourth-order valence-corrected chi connectivity index (χ4v) is 2.86. The molecule has 1 N–H and O–H groups in total. The molecule has 1 saturated carbocycles. The molecule has 1 aromatic rings. The van der Waals surface area contributed by atoms with Gasteiger partial charge in [-0.15, -0.1) is 0 Å². The van der Waals surface area contributed by atoms with Crippen molar-refractivity contribution in [3.63, 3.8) is 0 Å². The highest BCUT2D eigenvalue weighted by molar-refractivity contribution is 4.88. The zero-order valence-corrected chi connectivity index (χ0v) is 10.9. The van der Waals surface area contributed by atoms with Crippen molar-refractivity contribution < 1.29 is 0 Å². The summed E-state index contributed by atoms with van der Waals surface area (Å²) in [5.74, 6) is 0. The monoisotopic (exact) mass is 235 g/mol. The van der Waals surface area contributed by atoms with E-state index in [2.05, 4.69) is 28.0 Å². The highest BCUT2D eigenvalue weighted by Gasteiger charge is 2.23. The van der Waals surface area contributed by atoms with Gasteiger partial charge in [-0.25, -0.2) is 4.98 Å². The van der Waals surface area contributed by atoms with Gasteiger partial charge in [0.15, 0.2) is 0 Å². The molecular weight excluding hydrogens is 210 g/mol. The minimum absolute atomic E-state index is 0.601. The lowest BCUT2D eigenvalue weighted by Crippen LogP contribution is -2.38. The zero-order valence-electron chi connectivity index (χ0n) is 10.9. The fraction of sp³-hybridized carbons (Fsp3) is 0.786. The van der Waals surface area contributed by atoms with Crippen LogP contribution in [0.1, 0.15) is 57.9 Å². The summed E-state index contributed by atoms with van der Waals surface area (Å²) in [5, 5.41) is 3.73. The number of rotatable bonds is 4. The van der Waals surface area contributed by atoms with E-state index in [1.807, 2.05) is 12.5 Å². The minimum atomic E-state index is 0.601. The smallest absolute Gasteiger partial charge is 0.0949 e. The maximum atomic E-state index is 4.20. The molecule has 0 saturated heterocycles. The first kappa shape index (κ1) is 12.6. The molecular formula is C14H25N3. The van der Waals surface area contributed by atoms with Crippen LogP contribution in [0.25, 0.3) is 0 Å². The number of aromatic nitrogens is 2. The van der Waals surface area contributed by atoms with Crippen molar-refractivity contribution in [1.29, 1.82) is 0 Å². The van der Waals surface area contributed by atoms with Gasteiger partial charge in [-0.1, -0.05) is 32.6 Å². The van der Waals surface area contributed by atoms with Crippen molar-refractivity contribution in [2.45, 2.75) is 64.0 Å². The van der Waals surface area contributed by atoms with Crippen LogP contribution in [0.3, 0.4) is 0 Å². The molecule has 1 fully saturated rings. The second-order valence-corrected chi connectivity index (χ2v) is 5.13. The van der Waals surface area contributed by atoms with E-state index in [-0.39, 0.29) is 0 Å². The number of hydrogen-bond donors (Lipinski definition) is 1. The molecule has 2 rings (SSSR count). The molecule has 0 bridgehead atoms. The Morgan fingerprint density at radius 1 is 1.24 bits per heavy atom. The van der Waals surface area contributed by atoms with Gasteiger partial charge in [-0.05, 0) is 25.8 Å². The summed E-state index contributed by atoms with van der Waals surface area (Å²) in [6.07, 6.45) is 15.3. The Labute approximate surface area is 105 Å². The van der Waals surface area contributed by atoms with E-state index in [1.54, 1.807) is 0 Å². The van der Waals surface area contributed by atoms with Gasteiger partial charge in [0.25, 0.3) is 0 Å². The second kappa shape index (κ2) is 6.80. The lowest BCUT2D eigenvalue weighted by Gasteiger charge is -2.31. The summed E-state index contributed by atoms with van der Waals surface area (Å²) >= 11 is 0. The summed E-state index contributed by atoms with van der Waals surface area (Å²) in [4.78, 5) is 4.20. The Morgan fingerprint density at radius 2 is 2.06 bits per heavy atom. The summed E-state index contributed by atoms with van der Waals surface area (Å²) in [6.45, 7) is 3.37. The molecule has 2 atom stereocenters. The number of hydrogen-bond acceptors (Lipinski definition) is 2. The standard InChI is InChI=1S/C14H25N3/c1-2-9-16-13-7-5-3-4-6-8-14(13)17-11-10-15-12-17/h10-14,16H,2-9H2,1H3. The highest BCUT2D eigenvalue weighted by atomic mass is 15.1. The molecule has 3 nitrogen and oxygen atoms in total. The van der Waals surface area contributed by atoms with E-state index in [4.69, 9.17) is 0 Å². The first-order valence-electron chi connectivity index (χ1n) is 7.12. The van der Waals surface area contributed by atoms with E-state index >= 15 is 0 Å². The molecule has 1 aromatic heterocycles. The van der Waals surface area contributed by atoms with Gasteiger partial charge in [0.05, 0.1) is 6.33 Å². The normalized spacial score (nSPS) is 26.4. The van der Waals surface area contributed by atoms with Crippen molar-refractivity contribution in [2.24, 2.45) is 0 Å². The predicted molar refractivity (Wildman–Crippen MR) is 71.0 cm³/mol. The zero-order chi connectivity index (χ0) is 11.9. The van der Waals surface area contributed by atoms with Crippen LogP contribution in [0.4, 0.5) is 0 Å². The first-order valence-corrected chi connectivity index (χ1v) is 7.12. The van der Waals surface area contributed by atoms with Crippen molar-refractivity contribution in [2.75, 3.05) is 6.54 Å². The fourth-order valence-electron chi connectivity index (χ4n) is 2.86. The van der Waals surface area contributed by atoms with Crippen LogP contribution >= 0.6 is 0 Å². The van der Waals surface area contributed by atoms with Crippen molar-refractivity contribution in [3.8, 4) is 0 Å². The van der Waals surface area contributed by atoms with Gasteiger partial charge in [0.1, 0.15) is 0 Å². The average Bonchev–Trinajstić information content (AvgIpc) is 2.81. The van der Waals surface area contributed by atoms with E-state index in [0.29, 0.717) is 12.1 Å². The van der Waals surface area contributed by atoms with E-state index in [9.17, 15) is 0 Å². The lowest BCUT2D eigenvalue weighted by atomic mass is 9.92. The SMILES string of the molecule is CCCNC1CCCCCCC1n1ccnc1. The third kappa shape index (κ3) is 3.56. The van der Waals surface area contributed by atoms with Gasteiger partial charge in [0.2, 0.25) is 0 Å². The number of nitrogens with one attached hydrogen (secondary N) is 1. The molecule has 0 spiro atoms. The molecule has 1 aliphatic rings. The topological polar surface area (TPSA) is 29.9 Å². The Kier molecular flexibility index (Phi) is 5.05. The number of imidazole rings is 1. The maximum absolute atomic E-state index is 4.20. The second-order valence-electron chi connectivity index (χ2n) is 5.13. The molecule has 0 aliphatic heterocycles. The summed E-state index contributed by atoms with van der Waals surface area (Å²) in [7, 11) is 0. The van der Waals surface area contributed by atoms with Gasteiger partial charge >= 0.3 is 0 Å². The quantitative estimate of drug-likeness (QED) is 0.869. The molecule has 2 unspecified atom stereocenters. The van der Waals surface area contributed by atoms with Crippen LogP contribution in [0.15, 0.2) is 18.7 Å². The van der Waals surface area contributed by atoms with Gasteiger partial charge in [0, 0.05) is 24.5 Å². The Morgan fingerprint density at radius 3 is 2.76 bits per heavy atom. The van der Waals surface area contributed by atoms with Gasteiger partial charge < -0.3 is 9.88 Å². The van der Waals surface area contributed by atoms with Crippen LogP contribution in [0, 0.1) is 0 Å². The maximum Gasteiger partial charge on any atom is 0.0949 e. The van der Waals surface area contributed by atoms with E-state index in [0.717, 1.165) is 6.54 Å². The van der Waals surface area contributed by atoms with Crippen molar-refractivity contribution >= 4 is 0 Å². The Balaban J connectivity index is 2.04. The molecule has 0 aromatic carbocycles. The van der Waals surface area contributed by atoms with Crippen LogP contribution in [-0.4, -0.2) is 22.1 Å². The predicted octanol–water partition coefficient (Wildman–Crippen LogP) is 3.15. The summed E-state index contributed by atoms with van der Waals surface area (Å²) < 4.78 is 2.30. The first-order chi connectivity index (χ1) is 8.42. The highest BCUT2D eigenvalue weighted by Crippen LogP contribution is 2.26. The summed E-state index contributed by atoms with van der Waals surface area (Å²) in [5.41, 5.74) is 0. The molecule has 1 aliphatic carbocycles.